The van der Waals surface area contributed by atoms with E-state index in [0.29, 0.717) is 19.4 Å². The minimum atomic E-state index is -0.967. The van der Waals surface area contributed by atoms with Crippen LogP contribution in [-0.2, 0) is 11.2 Å². The van der Waals surface area contributed by atoms with Crippen molar-refractivity contribution < 1.29 is 19.4 Å². The Morgan fingerprint density at radius 1 is 1.19 bits per heavy atom. The fourth-order valence-corrected chi connectivity index (χ4v) is 5.17. The fourth-order valence-electron chi connectivity index (χ4n) is 5.17. The van der Waals surface area contributed by atoms with Crippen LogP contribution in [0.1, 0.15) is 43.1 Å². The molecule has 2 aromatic carbocycles. The van der Waals surface area contributed by atoms with Crippen LogP contribution in [-0.4, -0.2) is 51.0 Å². The lowest BCUT2D eigenvalue weighted by Gasteiger charge is -2.44. The van der Waals surface area contributed by atoms with Crippen LogP contribution in [0, 0.1) is 0 Å². The zero-order valence-electron chi connectivity index (χ0n) is 17.8. The summed E-state index contributed by atoms with van der Waals surface area (Å²) in [4.78, 5) is 33.1. The number of nitrogens with zero attached hydrogens (tertiary/aromatic N) is 2. The molecular weight excluding hydrogens is 394 g/mol. The van der Waals surface area contributed by atoms with Crippen molar-refractivity contribution in [2.24, 2.45) is 0 Å². The number of phenolic OH excluding ortho intramolecular Hbond substituents is 1. The number of aromatic hydroxyl groups is 1. The van der Waals surface area contributed by atoms with E-state index in [2.05, 4.69) is 4.98 Å². The van der Waals surface area contributed by atoms with Crippen LogP contribution in [0.25, 0.3) is 10.9 Å². The standard InChI is InChI=1S/C24H25N3O4/c1-4-24-13-18-17-12-16(31-5-2)9-10-19(17)25-20(18)21(14-7-6-8-15(28)11-14)27(24)23(30)26(3)22(24)29/h6-12,21,25,28H,4-5,13H2,1-3H3. The topological polar surface area (TPSA) is 85.9 Å². The molecule has 1 fully saturated rings. The zero-order chi connectivity index (χ0) is 21.9. The molecule has 5 rings (SSSR count). The van der Waals surface area contributed by atoms with E-state index in [1.165, 1.54) is 4.90 Å². The summed E-state index contributed by atoms with van der Waals surface area (Å²) >= 11 is 0. The molecular formula is C24H25N3O4. The molecule has 1 aromatic heterocycles. The third kappa shape index (κ3) is 2.59. The summed E-state index contributed by atoms with van der Waals surface area (Å²) in [5.74, 6) is 0.698. The summed E-state index contributed by atoms with van der Waals surface area (Å²) < 4.78 is 5.71. The molecule has 2 N–H and O–H groups in total. The van der Waals surface area contributed by atoms with Crippen LogP contribution in [0.3, 0.4) is 0 Å². The van der Waals surface area contributed by atoms with Crippen molar-refractivity contribution in [2.75, 3.05) is 13.7 Å². The highest BCUT2D eigenvalue weighted by Gasteiger charge is 2.60. The lowest BCUT2D eigenvalue weighted by Crippen LogP contribution is -2.55. The number of hydrogen-bond acceptors (Lipinski definition) is 4. The molecule has 0 saturated carbocycles. The molecule has 3 aromatic rings. The van der Waals surface area contributed by atoms with Gasteiger partial charge in [0.2, 0.25) is 0 Å². The van der Waals surface area contributed by atoms with Crippen molar-refractivity contribution in [3.05, 3.63) is 59.3 Å². The molecule has 0 bridgehead atoms. The van der Waals surface area contributed by atoms with Gasteiger partial charge in [0.15, 0.2) is 0 Å². The first kappa shape index (κ1) is 19.5. The Hall–Kier alpha value is -3.48. The Morgan fingerprint density at radius 2 is 2.00 bits per heavy atom. The van der Waals surface area contributed by atoms with Crippen LogP contribution in [0.2, 0.25) is 0 Å². The Labute approximate surface area is 180 Å². The van der Waals surface area contributed by atoms with E-state index in [1.807, 2.05) is 38.1 Å². The quantitative estimate of drug-likeness (QED) is 0.627. The maximum atomic E-state index is 13.4. The number of aromatic amines is 1. The number of carbonyl (C=O) groups is 2. The van der Waals surface area contributed by atoms with Gasteiger partial charge in [0, 0.05) is 30.1 Å². The van der Waals surface area contributed by atoms with Gasteiger partial charge in [-0.1, -0.05) is 19.1 Å². The summed E-state index contributed by atoms with van der Waals surface area (Å²) in [6.45, 7) is 4.45. The molecule has 7 heteroatoms. The third-order valence-corrected chi connectivity index (χ3v) is 6.65. The van der Waals surface area contributed by atoms with Crippen molar-refractivity contribution in [3.8, 4) is 11.5 Å². The number of rotatable bonds is 4. The molecule has 2 aliphatic heterocycles. The lowest BCUT2D eigenvalue weighted by atomic mass is 9.78. The van der Waals surface area contributed by atoms with Crippen molar-refractivity contribution in [1.82, 2.24) is 14.8 Å². The maximum absolute atomic E-state index is 13.4. The van der Waals surface area contributed by atoms with Crippen LogP contribution in [0.15, 0.2) is 42.5 Å². The van der Waals surface area contributed by atoms with Gasteiger partial charge in [-0.25, -0.2) is 4.79 Å². The van der Waals surface area contributed by atoms with E-state index in [-0.39, 0.29) is 17.7 Å². The number of carbonyl (C=O) groups excluding carboxylic acids is 2. The summed E-state index contributed by atoms with van der Waals surface area (Å²) in [6, 6.07) is 11.9. The van der Waals surface area contributed by atoms with Gasteiger partial charge in [-0.15, -0.1) is 0 Å². The number of ether oxygens (including phenoxy) is 1. The summed E-state index contributed by atoms with van der Waals surface area (Å²) in [6.07, 6.45) is 0.924. The second-order valence-electron chi connectivity index (χ2n) is 8.23. The monoisotopic (exact) mass is 419 g/mol. The maximum Gasteiger partial charge on any atom is 0.328 e. The molecule has 0 spiro atoms. The van der Waals surface area contributed by atoms with E-state index in [0.717, 1.165) is 33.5 Å². The Kier molecular flexibility index (Phi) is 4.25. The normalized spacial score (nSPS) is 22.7. The Bertz CT molecular complexity index is 1220. The number of aromatic nitrogens is 1. The highest BCUT2D eigenvalue weighted by atomic mass is 16.5. The smallest absolute Gasteiger partial charge is 0.328 e. The molecule has 3 heterocycles. The SMILES string of the molecule is CCOc1ccc2[nH]c3c(c2c1)CC1(CC)C(=O)N(C)C(=O)N1C3c1cccc(O)c1. The minimum Gasteiger partial charge on any atom is -0.508 e. The van der Waals surface area contributed by atoms with Crippen molar-refractivity contribution in [3.63, 3.8) is 0 Å². The highest BCUT2D eigenvalue weighted by Crippen LogP contribution is 2.50. The molecule has 160 valence electrons. The van der Waals surface area contributed by atoms with Gasteiger partial charge in [0.25, 0.3) is 5.91 Å². The van der Waals surface area contributed by atoms with Crippen LogP contribution >= 0.6 is 0 Å². The third-order valence-electron chi connectivity index (χ3n) is 6.65. The number of likely N-dealkylation sites (N-methyl/N-ethyl adjacent to an activating group) is 1. The van der Waals surface area contributed by atoms with Gasteiger partial charge in [-0.05, 0) is 54.8 Å². The summed E-state index contributed by atoms with van der Waals surface area (Å²) in [5, 5.41) is 11.1. The number of nitrogens with one attached hydrogen (secondary N) is 1. The Morgan fingerprint density at radius 3 is 2.71 bits per heavy atom. The average Bonchev–Trinajstić information content (AvgIpc) is 3.21. The predicted molar refractivity (Wildman–Crippen MR) is 116 cm³/mol. The second-order valence-corrected chi connectivity index (χ2v) is 8.23. The number of phenols is 1. The van der Waals surface area contributed by atoms with E-state index < -0.39 is 11.6 Å². The first-order valence-electron chi connectivity index (χ1n) is 10.6. The van der Waals surface area contributed by atoms with Crippen LogP contribution < -0.4 is 4.74 Å². The first-order valence-corrected chi connectivity index (χ1v) is 10.6. The number of urea groups is 1. The molecule has 0 radical (unpaired) electrons. The minimum absolute atomic E-state index is 0.118. The molecule has 2 unspecified atom stereocenters. The zero-order valence-corrected chi connectivity index (χ0v) is 17.8. The molecule has 3 amide bonds. The van der Waals surface area contributed by atoms with Gasteiger partial charge < -0.3 is 14.8 Å². The molecule has 2 atom stereocenters. The number of imide groups is 1. The predicted octanol–water partition coefficient (Wildman–Crippen LogP) is 3.96. The number of benzene rings is 2. The van der Waals surface area contributed by atoms with Crippen molar-refractivity contribution in [1.29, 1.82) is 0 Å². The number of hydrogen-bond donors (Lipinski definition) is 2. The Balaban J connectivity index is 1.81. The number of fused-ring (bicyclic) bond motifs is 4. The van der Waals surface area contributed by atoms with E-state index in [1.54, 1.807) is 30.1 Å². The van der Waals surface area contributed by atoms with Gasteiger partial charge in [-0.2, -0.15) is 0 Å². The second kappa shape index (κ2) is 6.77. The molecule has 7 nitrogen and oxygen atoms in total. The van der Waals surface area contributed by atoms with E-state index in [4.69, 9.17) is 4.74 Å². The highest BCUT2D eigenvalue weighted by molar-refractivity contribution is 6.08. The largest absolute Gasteiger partial charge is 0.508 e. The average molecular weight is 419 g/mol. The van der Waals surface area contributed by atoms with Gasteiger partial charge in [0.05, 0.1) is 6.61 Å². The summed E-state index contributed by atoms with van der Waals surface area (Å²) in [5.41, 5.74) is 2.60. The van der Waals surface area contributed by atoms with Gasteiger partial charge in [-0.3, -0.25) is 14.6 Å². The van der Waals surface area contributed by atoms with Gasteiger partial charge >= 0.3 is 6.03 Å². The van der Waals surface area contributed by atoms with Crippen LogP contribution in [0.4, 0.5) is 4.79 Å². The molecule has 0 aliphatic carbocycles. The fraction of sp³-hybridized carbons (Fsp3) is 0.333. The van der Waals surface area contributed by atoms with Crippen molar-refractivity contribution in [2.45, 2.75) is 38.3 Å². The number of amides is 3. The van der Waals surface area contributed by atoms with E-state index in [9.17, 15) is 14.7 Å². The van der Waals surface area contributed by atoms with Gasteiger partial charge in [0.1, 0.15) is 23.1 Å². The number of H-pyrrole nitrogens is 1. The summed E-state index contributed by atoms with van der Waals surface area (Å²) in [7, 11) is 1.54. The van der Waals surface area contributed by atoms with E-state index >= 15 is 0 Å². The van der Waals surface area contributed by atoms with Crippen molar-refractivity contribution >= 4 is 22.8 Å². The molecule has 1 saturated heterocycles. The molecule has 2 aliphatic rings. The first-order chi connectivity index (χ1) is 14.9. The van der Waals surface area contributed by atoms with Crippen LogP contribution in [0.5, 0.6) is 11.5 Å². The molecule has 31 heavy (non-hydrogen) atoms. The lowest BCUT2D eigenvalue weighted by molar-refractivity contribution is -0.133.